The molecular weight excluding hydrogens is 436 g/mol. The van der Waals surface area contributed by atoms with Crippen molar-refractivity contribution in [3.8, 4) is 5.75 Å². The minimum absolute atomic E-state index is 0.111. The lowest BCUT2D eigenvalue weighted by Gasteiger charge is -2.11. The van der Waals surface area contributed by atoms with Crippen LogP contribution in [0.3, 0.4) is 0 Å². The molecule has 0 fully saturated rings. The van der Waals surface area contributed by atoms with Crippen LogP contribution < -0.4 is 10.1 Å². The van der Waals surface area contributed by atoms with E-state index in [1.54, 1.807) is 24.3 Å². The van der Waals surface area contributed by atoms with Crippen LogP contribution in [0.25, 0.3) is 11.0 Å². The molecule has 0 saturated heterocycles. The molecule has 160 valence electrons. The maximum atomic E-state index is 12.4. The number of carbonyl (C=O) groups is 1. The van der Waals surface area contributed by atoms with Gasteiger partial charge in [0, 0.05) is 17.5 Å². The highest BCUT2D eigenvalue weighted by Crippen LogP contribution is 2.24. The van der Waals surface area contributed by atoms with Crippen molar-refractivity contribution in [3.63, 3.8) is 0 Å². The predicted octanol–water partition coefficient (Wildman–Crippen LogP) is 4.76. The highest BCUT2D eigenvalue weighted by molar-refractivity contribution is 7.99. The highest BCUT2D eigenvalue weighted by Gasteiger charge is 2.16. The molecule has 1 N–H and O–H groups in total. The van der Waals surface area contributed by atoms with Gasteiger partial charge in [-0.1, -0.05) is 41.6 Å². The fraction of sp³-hybridized carbons (Fsp3) is 0.227. The predicted molar refractivity (Wildman–Crippen MR) is 120 cm³/mol. The third kappa shape index (κ3) is 5.21. The average Bonchev–Trinajstić information content (AvgIpc) is 3.35. The van der Waals surface area contributed by atoms with Crippen LogP contribution in [0.4, 0.5) is 0 Å². The molecule has 4 rings (SSSR count). The Labute approximate surface area is 188 Å². The highest BCUT2D eigenvalue weighted by atomic mass is 35.5. The summed E-state index contributed by atoms with van der Waals surface area (Å²) in [6.07, 6.45) is 0. The Morgan fingerprint density at radius 2 is 2.00 bits per heavy atom. The van der Waals surface area contributed by atoms with E-state index < -0.39 is 0 Å². The van der Waals surface area contributed by atoms with E-state index in [1.165, 1.54) is 11.8 Å². The molecule has 9 heteroatoms. The SMILES string of the molecule is CC(NC(=O)CSc1nnc(COc2ccc(Cl)cc2)n1C)c1cc2ccccc2o1. The molecule has 2 heterocycles. The van der Waals surface area contributed by atoms with Gasteiger partial charge in [0.1, 0.15) is 23.7 Å². The van der Waals surface area contributed by atoms with Crippen LogP contribution in [0.15, 0.2) is 64.2 Å². The number of carbonyl (C=O) groups excluding carboxylic acids is 1. The zero-order valence-electron chi connectivity index (χ0n) is 17.0. The minimum Gasteiger partial charge on any atom is -0.486 e. The molecule has 0 saturated carbocycles. The molecule has 0 bridgehead atoms. The van der Waals surface area contributed by atoms with E-state index in [0.29, 0.717) is 21.8 Å². The zero-order valence-corrected chi connectivity index (χ0v) is 18.6. The molecule has 1 unspecified atom stereocenters. The van der Waals surface area contributed by atoms with E-state index in [1.807, 2.05) is 48.9 Å². The van der Waals surface area contributed by atoms with Crippen LogP contribution in [0.1, 0.15) is 24.6 Å². The second-order valence-corrected chi connectivity index (χ2v) is 8.34. The molecule has 0 aliphatic heterocycles. The normalized spacial score (nSPS) is 12.1. The third-order valence-electron chi connectivity index (χ3n) is 4.69. The first-order valence-electron chi connectivity index (χ1n) is 9.67. The van der Waals surface area contributed by atoms with E-state index in [2.05, 4.69) is 15.5 Å². The molecular formula is C22H21ClN4O3S. The third-order valence-corrected chi connectivity index (χ3v) is 5.96. The maximum Gasteiger partial charge on any atom is 0.231 e. The Balaban J connectivity index is 1.29. The van der Waals surface area contributed by atoms with Crippen molar-refractivity contribution in [2.24, 2.45) is 7.05 Å². The number of halogens is 1. The summed E-state index contributed by atoms with van der Waals surface area (Å²) in [5, 5.41) is 13.6. The number of para-hydroxylation sites is 1. The van der Waals surface area contributed by atoms with Crippen molar-refractivity contribution in [3.05, 3.63) is 71.2 Å². The first-order valence-corrected chi connectivity index (χ1v) is 11.0. The number of aromatic nitrogens is 3. The fourth-order valence-electron chi connectivity index (χ4n) is 2.98. The molecule has 1 amide bonds. The average molecular weight is 457 g/mol. The molecule has 31 heavy (non-hydrogen) atoms. The van der Waals surface area contributed by atoms with Crippen LogP contribution in [-0.2, 0) is 18.4 Å². The lowest BCUT2D eigenvalue weighted by atomic mass is 10.2. The number of nitrogens with one attached hydrogen (secondary N) is 1. The quantitative estimate of drug-likeness (QED) is 0.385. The first kappa shape index (κ1) is 21.3. The summed E-state index contributed by atoms with van der Waals surface area (Å²) in [4.78, 5) is 12.4. The summed E-state index contributed by atoms with van der Waals surface area (Å²) in [6.45, 7) is 2.16. The van der Waals surface area contributed by atoms with E-state index >= 15 is 0 Å². The number of nitrogens with zero attached hydrogens (tertiary/aromatic N) is 3. The summed E-state index contributed by atoms with van der Waals surface area (Å²) in [5.41, 5.74) is 0.806. The maximum absolute atomic E-state index is 12.4. The number of hydrogen-bond acceptors (Lipinski definition) is 6. The van der Waals surface area contributed by atoms with Gasteiger partial charge in [-0.05, 0) is 43.3 Å². The van der Waals surface area contributed by atoms with Crippen LogP contribution in [0.2, 0.25) is 5.02 Å². The second-order valence-electron chi connectivity index (χ2n) is 6.96. The van der Waals surface area contributed by atoms with Crippen molar-refractivity contribution in [2.45, 2.75) is 24.7 Å². The monoisotopic (exact) mass is 456 g/mol. The molecule has 0 radical (unpaired) electrons. The van der Waals surface area contributed by atoms with E-state index in [-0.39, 0.29) is 24.3 Å². The molecule has 4 aromatic rings. The van der Waals surface area contributed by atoms with Gasteiger partial charge in [0.05, 0.1) is 11.8 Å². The van der Waals surface area contributed by atoms with Crippen LogP contribution in [0.5, 0.6) is 5.75 Å². The Kier molecular flexibility index (Phi) is 6.48. The number of rotatable bonds is 8. The molecule has 2 aromatic heterocycles. The molecule has 0 spiro atoms. The van der Waals surface area contributed by atoms with Gasteiger partial charge in [0.2, 0.25) is 5.91 Å². The molecule has 7 nitrogen and oxygen atoms in total. The lowest BCUT2D eigenvalue weighted by Crippen LogP contribution is -2.28. The van der Waals surface area contributed by atoms with Gasteiger partial charge in [0.15, 0.2) is 11.0 Å². The van der Waals surface area contributed by atoms with Gasteiger partial charge in [-0.2, -0.15) is 0 Å². The van der Waals surface area contributed by atoms with E-state index in [9.17, 15) is 4.79 Å². The first-order chi connectivity index (χ1) is 15.0. The van der Waals surface area contributed by atoms with Crippen molar-refractivity contribution < 1.29 is 13.9 Å². The summed E-state index contributed by atoms with van der Waals surface area (Å²) in [6, 6.07) is 16.6. The Hall–Kier alpha value is -2.97. The Morgan fingerprint density at radius 3 is 2.77 bits per heavy atom. The standard InChI is InChI=1S/C22H21ClN4O3S/c1-14(19-11-15-5-3-4-6-18(15)30-19)24-21(28)13-31-22-26-25-20(27(22)2)12-29-17-9-7-16(23)8-10-17/h3-11,14H,12-13H2,1-2H3,(H,24,28). The van der Waals surface area contributed by atoms with Crippen molar-refractivity contribution in [1.82, 2.24) is 20.1 Å². The molecule has 2 aromatic carbocycles. The molecule has 0 aliphatic rings. The Morgan fingerprint density at radius 1 is 1.23 bits per heavy atom. The minimum atomic E-state index is -0.233. The van der Waals surface area contributed by atoms with Crippen LogP contribution >= 0.6 is 23.4 Å². The number of ether oxygens (including phenoxy) is 1. The van der Waals surface area contributed by atoms with Crippen LogP contribution in [-0.4, -0.2) is 26.4 Å². The van der Waals surface area contributed by atoms with Gasteiger partial charge in [-0.3, -0.25) is 4.79 Å². The second kappa shape index (κ2) is 9.45. The topological polar surface area (TPSA) is 82.2 Å². The zero-order chi connectivity index (χ0) is 21.8. The molecule has 1 atom stereocenters. The summed E-state index contributed by atoms with van der Waals surface area (Å²) >= 11 is 7.20. The number of thioether (sulfide) groups is 1. The largest absolute Gasteiger partial charge is 0.486 e. The van der Waals surface area contributed by atoms with Crippen LogP contribution in [0, 0.1) is 0 Å². The van der Waals surface area contributed by atoms with Gasteiger partial charge < -0.3 is 19.0 Å². The van der Waals surface area contributed by atoms with E-state index in [4.69, 9.17) is 20.8 Å². The van der Waals surface area contributed by atoms with Crippen molar-refractivity contribution in [2.75, 3.05) is 5.75 Å². The van der Waals surface area contributed by atoms with Gasteiger partial charge in [-0.15, -0.1) is 10.2 Å². The summed E-state index contributed by atoms with van der Waals surface area (Å²) < 4.78 is 13.3. The number of fused-ring (bicyclic) bond motifs is 1. The van der Waals surface area contributed by atoms with Crippen molar-refractivity contribution >= 4 is 40.2 Å². The number of hydrogen-bond donors (Lipinski definition) is 1. The van der Waals surface area contributed by atoms with E-state index in [0.717, 1.165) is 16.7 Å². The van der Waals surface area contributed by atoms with Gasteiger partial charge in [-0.25, -0.2) is 0 Å². The number of amides is 1. The molecule has 0 aliphatic carbocycles. The number of furan rings is 1. The summed E-state index contributed by atoms with van der Waals surface area (Å²) in [5.74, 6) is 2.18. The summed E-state index contributed by atoms with van der Waals surface area (Å²) in [7, 11) is 1.85. The smallest absolute Gasteiger partial charge is 0.231 e. The Bertz CT molecular complexity index is 1160. The van der Waals surface area contributed by atoms with Crippen molar-refractivity contribution in [1.29, 1.82) is 0 Å². The fourth-order valence-corrected chi connectivity index (χ4v) is 3.84. The lowest BCUT2D eigenvalue weighted by molar-refractivity contribution is -0.119. The number of benzene rings is 2. The van der Waals surface area contributed by atoms with Gasteiger partial charge >= 0.3 is 0 Å². The van der Waals surface area contributed by atoms with Gasteiger partial charge in [0.25, 0.3) is 0 Å².